The molecule has 3 aromatic rings. The lowest BCUT2D eigenvalue weighted by Gasteiger charge is -2.10. The van der Waals surface area contributed by atoms with Crippen molar-refractivity contribution in [2.24, 2.45) is 0 Å². The fourth-order valence-electron chi connectivity index (χ4n) is 2.56. The van der Waals surface area contributed by atoms with Gasteiger partial charge in [-0.1, -0.05) is 41.9 Å². The Hall–Kier alpha value is -2.15. The van der Waals surface area contributed by atoms with E-state index >= 15 is 0 Å². The van der Waals surface area contributed by atoms with Crippen LogP contribution in [0, 0.1) is 13.8 Å². The number of hydrogen-bond acceptors (Lipinski definition) is 4. The zero-order valence-electron chi connectivity index (χ0n) is 15.0. The summed E-state index contributed by atoms with van der Waals surface area (Å²) in [6.07, 6.45) is 0. The lowest BCUT2D eigenvalue weighted by molar-refractivity contribution is 0.0607. The Morgan fingerprint density at radius 2 is 1.81 bits per heavy atom. The lowest BCUT2D eigenvalue weighted by atomic mass is 10.2. The number of rotatable bonds is 5. The Labute approximate surface area is 169 Å². The summed E-state index contributed by atoms with van der Waals surface area (Å²) >= 11 is 7.43. The number of hydrogen-bond donors (Lipinski definition) is 1. The standard InChI is InChI=1S/C20H18ClNO3S2/c1-12-10-18(13(2)9-15(12)21)27(24)22-16-11-17(14-7-5-4-6-8-14)26-19(16)20(23)25-3/h4-11,22H,1-3H3. The van der Waals surface area contributed by atoms with Crippen LogP contribution >= 0.6 is 22.9 Å². The SMILES string of the molecule is COC(=O)c1sc(-c2ccccc2)cc1NS(=O)c1cc(C)c(Cl)cc1C. The number of nitrogens with one attached hydrogen (secondary N) is 1. The van der Waals surface area contributed by atoms with Crippen molar-refractivity contribution in [1.29, 1.82) is 0 Å². The molecule has 0 aliphatic heterocycles. The summed E-state index contributed by atoms with van der Waals surface area (Å²) in [5.74, 6) is -0.467. The Morgan fingerprint density at radius 3 is 2.48 bits per heavy atom. The maximum Gasteiger partial charge on any atom is 0.350 e. The van der Waals surface area contributed by atoms with Crippen molar-refractivity contribution >= 4 is 45.6 Å². The number of halogens is 1. The van der Waals surface area contributed by atoms with E-state index in [0.29, 0.717) is 20.5 Å². The largest absolute Gasteiger partial charge is 0.465 e. The van der Waals surface area contributed by atoms with Crippen molar-refractivity contribution in [2.45, 2.75) is 18.7 Å². The van der Waals surface area contributed by atoms with Gasteiger partial charge in [-0.3, -0.25) is 4.72 Å². The highest BCUT2D eigenvalue weighted by Crippen LogP contribution is 2.36. The van der Waals surface area contributed by atoms with Gasteiger partial charge in [0.05, 0.1) is 17.7 Å². The van der Waals surface area contributed by atoms with Gasteiger partial charge in [0.15, 0.2) is 11.0 Å². The van der Waals surface area contributed by atoms with Crippen molar-refractivity contribution in [3.63, 3.8) is 0 Å². The summed E-state index contributed by atoms with van der Waals surface area (Å²) in [7, 11) is -0.215. The van der Waals surface area contributed by atoms with Crippen LogP contribution in [-0.4, -0.2) is 17.3 Å². The van der Waals surface area contributed by atoms with Gasteiger partial charge in [-0.25, -0.2) is 9.00 Å². The summed E-state index contributed by atoms with van der Waals surface area (Å²) in [5, 5.41) is 0.630. The number of ether oxygens (including phenoxy) is 1. The van der Waals surface area contributed by atoms with Gasteiger partial charge < -0.3 is 4.74 Å². The molecule has 3 rings (SSSR count). The van der Waals surface area contributed by atoms with Gasteiger partial charge in [-0.2, -0.15) is 0 Å². The molecule has 1 atom stereocenters. The van der Waals surface area contributed by atoms with Crippen LogP contribution in [0.4, 0.5) is 5.69 Å². The van der Waals surface area contributed by atoms with E-state index in [2.05, 4.69) is 4.72 Å². The summed E-state index contributed by atoms with van der Waals surface area (Å²) in [4.78, 5) is 14.1. The van der Waals surface area contributed by atoms with E-state index in [9.17, 15) is 9.00 Å². The van der Waals surface area contributed by atoms with Crippen LogP contribution < -0.4 is 4.72 Å². The molecule has 4 nitrogen and oxygen atoms in total. The Bertz CT molecular complexity index is 1020. The number of esters is 1. The van der Waals surface area contributed by atoms with Crippen molar-refractivity contribution in [3.05, 3.63) is 69.6 Å². The first-order valence-electron chi connectivity index (χ1n) is 8.13. The monoisotopic (exact) mass is 419 g/mol. The highest BCUT2D eigenvalue weighted by atomic mass is 35.5. The third kappa shape index (κ3) is 4.24. The molecular formula is C20H18ClNO3S2. The quantitative estimate of drug-likeness (QED) is 0.547. The second-order valence-corrected chi connectivity index (χ2v) is 8.59. The number of carbonyl (C=O) groups excluding carboxylic acids is 1. The number of aryl methyl sites for hydroxylation is 2. The molecule has 0 aliphatic rings. The van der Waals surface area contributed by atoms with E-state index in [4.69, 9.17) is 16.3 Å². The molecule has 140 valence electrons. The molecule has 0 saturated heterocycles. The summed E-state index contributed by atoms with van der Waals surface area (Å²) in [5.41, 5.74) is 3.12. The number of anilines is 1. The number of carbonyl (C=O) groups is 1. The van der Waals surface area contributed by atoms with Crippen molar-refractivity contribution in [1.82, 2.24) is 0 Å². The van der Waals surface area contributed by atoms with Gasteiger partial charge in [0.2, 0.25) is 0 Å². The second-order valence-electron chi connectivity index (χ2n) is 5.95. The van der Waals surface area contributed by atoms with Crippen LogP contribution in [0.25, 0.3) is 10.4 Å². The maximum atomic E-state index is 12.9. The molecule has 2 aromatic carbocycles. The number of benzene rings is 2. The van der Waals surface area contributed by atoms with Crippen molar-refractivity contribution < 1.29 is 13.7 Å². The van der Waals surface area contributed by atoms with Crippen LogP contribution in [0.3, 0.4) is 0 Å². The fourth-order valence-corrected chi connectivity index (χ4v) is 4.99. The zero-order valence-corrected chi connectivity index (χ0v) is 17.4. The molecule has 1 N–H and O–H groups in total. The minimum atomic E-state index is -1.55. The minimum Gasteiger partial charge on any atom is -0.465 e. The summed E-state index contributed by atoms with van der Waals surface area (Å²) < 4.78 is 20.8. The molecular weight excluding hydrogens is 402 g/mol. The van der Waals surface area contributed by atoms with Gasteiger partial charge in [-0.15, -0.1) is 11.3 Å². The first kappa shape index (κ1) is 19.6. The number of methoxy groups -OCH3 is 1. The third-order valence-electron chi connectivity index (χ3n) is 4.02. The average molecular weight is 420 g/mol. The maximum absolute atomic E-state index is 12.9. The molecule has 27 heavy (non-hydrogen) atoms. The van der Waals surface area contributed by atoms with Gasteiger partial charge in [0.25, 0.3) is 0 Å². The molecule has 0 aliphatic carbocycles. The average Bonchev–Trinajstić information content (AvgIpc) is 3.08. The topological polar surface area (TPSA) is 55.4 Å². The fraction of sp³-hybridized carbons (Fsp3) is 0.150. The molecule has 0 amide bonds. The van der Waals surface area contributed by atoms with E-state index in [1.165, 1.54) is 18.4 Å². The molecule has 1 aromatic heterocycles. The molecule has 1 heterocycles. The second kappa shape index (κ2) is 8.25. The Balaban J connectivity index is 1.98. The molecule has 0 saturated carbocycles. The predicted molar refractivity (Wildman–Crippen MR) is 112 cm³/mol. The molecule has 0 spiro atoms. The van der Waals surface area contributed by atoms with E-state index < -0.39 is 17.0 Å². The Kier molecular flexibility index (Phi) is 5.99. The molecule has 1 unspecified atom stereocenters. The van der Waals surface area contributed by atoms with Crippen LogP contribution in [0.5, 0.6) is 0 Å². The van der Waals surface area contributed by atoms with Gasteiger partial charge >= 0.3 is 5.97 Å². The summed E-state index contributed by atoms with van der Waals surface area (Å²) in [6.45, 7) is 3.71. The molecule has 0 fully saturated rings. The normalized spacial score (nSPS) is 11.9. The smallest absolute Gasteiger partial charge is 0.350 e. The van der Waals surface area contributed by atoms with E-state index in [1.54, 1.807) is 12.1 Å². The molecule has 0 bridgehead atoms. The van der Waals surface area contributed by atoms with Crippen LogP contribution in [0.15, 0.2) is 53.4 Å². The third-order valence-corrected chi connectivity index (χ3v) is 6.84. The first-order chi connectivity index (χ1) is 12.9. The van der Waals surface area contributed by atoms with E-state index in [1.807, 2.05) is 50.2 Å². The van der Waals surface area contributed by atoms with Crippen molar-refractivity contribution in [2.75, 3.05) is 11.8 Å². The molecule has 0 radical (unpaired) electrons. The minimum absolute atomic E-state index is 0.382. The van der Waals surface area contributed by atoms with Crippen LogP contribution in [0.2, 0.25) is 5.02 Å². The Morgan fingerprint density at radius 1 is 1.11 bits per heavy atom. The predicted octanol–water partition coefficient (Wildman–Crippen LogP) is 5.61. The van der Waals surface area contributed by atoms with E-state index in [0.717, 1.165) is 21.6 Å². The van der Waals surface area contributed by atoms with Gasteiger partial charge in [0, 0.05) is 9.90 Å². The lowest BCUT2D eigenvalue weighted by Crippen LogP contribution is -2.09. The number of thiophene rings is 1. The molecule has 7 heteroatoms. The van der Waals surface area contributed by atoms with Crippen LogP contribution in [-0.2, 0) is 15.7 Å². The summed E-state index contributed by atoms with van der Waals surface area (Å²) in [6, 6.07) is 15.1. The highest BCUT2D eigenvalue weighted by Gasteiger charge is 2.20. The van der Waals surface area contributed by atoms with Crippen molar-refractivity contribution in [3.8, 4) is 10.4 Å². The highest BCUT2D eigenvalue weighted by molar-refractivity contribution is 7.86. The zero-order chi connectivity index (χ0) is 19.6. The van der Waals surface area contributed by atoms with Gasteiger partial charge in [0.1, 0.15) is 4.88 Å². The first-order valence-corrected chi connectivity index (χ1v) is 10.5. The van der Waals surface area contributed by atoms with E-state index in [-0.39, 0.29) is 0 Å². The van der Waals surface area contributed by atoms with Crippen LogP contribution in [0.1, 0.15) is 20.8 Å². The van der Waals surface area contributed by atoms with Gasteiger partial charge in [-0.05, 0) is 48.7 Å².